The smallest absolute Gasteiger partial charge is 0.137 e. The first-order chi connectivity index (χ1) is 8.28. The van der Waals surface area contributed by atoms with Crippen molar-refractivity contribution in [2.24, 2.45) is 5.92 Å². The number of aliphatic hydroxyl groups is 1. The predicted molar refractivity (Wildman–Crippen MR) is 67.2 cm³/mol. The molecule has 0 amide bonds. The standard InChI is InChI=1S/C13H20N2O2/c1-17-12-5-6-13(15-9-12)14-8-10-3-2-4-11(16)7-10/h5-6,9-11,16H,2-4,7-8H2,1H3,(H,14,15). The summed E-state index contributed by atoms with van der Waals surface area (Å²) in [4.78, 5) is 4.25. The van der Waals surface area contributed by atoms with Crippen LogP contribution in [0.15, 0.2) is 18.3 Å². The zero-order valence-electron chi connectivity index (χ0n) is 10.2. The molecule has 1 fully saturated rings. The van der Waals surface area contributed by atoms with Crippen LogP contribution in [0.4, 0.5) is 5.82 Å². The van der Waals surface area contributed by atoms with Crippen LogP contribution < -0.4 is 10.1 Å². The molecule has 2 rings (SSSR count). The van der Waals surface area contributed by atoms with Gasteiger partial charge < -0.3 is 15.2 Å². The zero-order chi connectivity index (χ0) is 12.1. The molecule has 1 heterocycles. The van der Waals surface area contributed by atoms with Gasteiger partial charge in [-0.2, -0.15) is 0 Å². The molecule has 1 aliphatic carbocycles. The third kappa shape index (κ3) is 3.60. The van der Waals surface area contributed by atoms with E-state index in [0.29, 0.717) is 5.92 Å². The van der Waals surface area contributed by atoms with Crippen LogP contribution in [-0.2, 0) is 0 Å². The number of ether oxygens (including phenoxy) is 1. The highest BCUT2D eigenvalue weighted by Gasteiger charge is 2.19. The molecule has 4 nitrogen and oxygen atoms in total. The first kappa shape index (κ1) is 12.2. The molecular weight excluding hydrogens is 216 g/mol. The van der Waals surface area contributed by atoms with Crippen molar-refractivity contribution in [3.8, 4) is 5.75 Å². The molecular formula is C13H20N2O2. The molecule has 2 atom stereocenters. The van der Waals surface area contributed by atoms with Gasteiger partial charge in [0.25, 0.3) is 0 Å². The number of rotatable bonds is 4. The number of hydrogen-bond donors (Lipinski definition) is 2. The molecule has 0 saturated heterocycles. The Bertz CT molecular complexity index is 340. The summed E-state index contributed by atoms with van der Waals surface area (Å²) in [7, 11) is 1.63. The highest BCUT2D eigenvalue weighted by atomic mass is 16.5. The number of nitrogens with one attached hydrogen (secondary N) is 1. The van der Waals surface area contributed by atoms with Crippen LogP contribution in [0.2, 0.25) is 0 Å². The summed E-state index contributed by atoms with van der Waals surface area (Å²) in [6.07, 6.45) is 5.78. The van der Waals surface area contributed by atoms with Crippen molar-refractivity contribution in [3.05, 3.63) is 18.3 Å². The van der Waals surface area contributed by atoms with Crippen molar-refractivity contribution in [3.63, 3.8) is 0 Å². The number of anilines is 1. The third-order valence-corrected chi connectivity index (χ3v) is 3.30. The molecule has 0 spiro atoms. The average Bonchev–Trinajstić information content (AvgIpc) is 2.37. The van der Waals surface area contributed by atoms with E-state index in [1.165, 1.54) is 6.42 Å². The van der Waals surface area contributed by atoms with Crippen LogP contribution in [0.3, 0.4) is 0 Å². The highest BCUT2D eigenvalue weighted by Crippen LogP contribution is 2.24. The largest absolute Gasteiger partial charge is 0.495 e. The normalized spacial score (nSPS) is 24.4. The number of aliphatic hydroxyl groups excluding tert-OH is 1. The monoisotopic (exact) mass is 236 g/mol. The van der Waals surface area contributed by atoms with Crippen LogP contribution in [0, 0.1) is 5.92 Å². The minimum atomic E-state index is -0.112. The van der Waals surface area contributed by atoms with Crippen molar-refractivity contribution in [2.45, 2.75) is 31.8 Å². The Kier molecular flexibility index (Phi) is 4.20. The lowest BCUT2D eigenvalue weighted by molar-refractivity contribution is 0.104. The number of aromatic nitrogens is 1. The molecule has 0 aromatic carbocycles. The molecule has 2 N–H and O–H groups in total. The minimum absolute atomic E-state index is 0.112. The molecule has 1 saturated carbocycles. The fourth-order valence-electron chi connectivity index (χ4n) is 2.30. The van der Waals surface area contributed by atoms with Gasteiger partial charge in [0.15, 0.2) is 0 Å². The quantitative estimate of drug-likeness (QED) is 0.840. The Morgan fingerprint density at radius 3 is 3.00 bits per heavy atom. The van der Waals surface area contributed by atoms with E-state index < -0.39 is 0 Å². The molecule has 1 aromatic rings. The van der Waals surface area contributed by atoms with Gasteiger partial charge in [0, 0.05) is 6.54 Å². The lowest BCUT2D eigenvalue weighted by Crippen LogP contribution is -2.25. The van der Waals surface area contributed by atoms with Gasteiger partial charge in [0.05, 0.1) is 19.4 Å². The molecule has 0 aliphatic heterocycles. The first-order valence-electron chi connectivity index (χ1n) is 6.20. The number of nitrogens with zero attached hydrogens (tertiary/aromatic N) is 1. The van der Waals surface area contributed by atoms with Gasteiger partial charge in [-0.05, 0) is 37.3 Å². The van der Waals surface area contributed by atoms with E-state index in [1.54, 1.807) is 13.3 Å². The molecule has 1 aliphatic rings. The van der Waals surface area contributed by atoms with Crippen LogP contribution >= 0.6 is 0 Å². The Morgan fingerprint density at radius 1 is 1.47 bits per heavy atom. The molecule has 0 bridgehead atoms. The maximum Gasteiger partial charge on any atom is 0.137 e. The summed E-state index contributed by atoms with van der Waals surface area (Å²) in [6.45, 7) is 0.885. The number of methoxy groups -OCH3 is 1. The van der Waals surface area contributed by atoms with Gasteiger partial charge in [-0.25, -0.2) is 4.98 Å². The van der Waals surface area contributed by atoms with Gasteiger partial charge in [-0.3, -0.25) is 0 Å². The summed E-state index contributed by atoms with van der Waals surface area (Å²) in [6, 6.07) is 3.81. The molecule has 2 unspecified atom stereocenters. The number of pyridine rings is 1. The summed E-state index contributed by atoms with van der Waals surface area (Å²) >= 11 is 0. The topological polar surface area (TPSA) is 54.4 Å². The van der Waals surface area contributed by atoms with Gasteiger partial charge in [0.1, 0.15) is 11.6 Å². The summed E-state index contributed by atoms with van der Waals surface area (Å²) in [5.74, 6) is 2.19. The predicted octanol–water partition coefficient (Wildman–Crippen LogP) is 2.05. The van der Waals surface area contributed by atoms with Crippen LogP contribution in [0.5, 0.6) is 5.75 Å². The van der Waals surface area contributed by atoms with Crippen molar-refractivity contribution < 1.29 is 9.84 Å². The Morgan fingerprint density at radius 2 is 2.35 bits per heavy atom. The zero-order valence-corrected chi connectivity index (χ0v) is 10.2. The van der Waals surface area contributed by atoms with Crippen LogP contribution in [0.25, 0.3) is 0 Å². The average molecular weight is 236 g/mol. The highest BCUT2D eigenvalue weighted by molar-refractivity contribution is 5.37. The molecule has 1 aromatic heterocycles. The van der Waals surface area contributed by atoms with Crippen molar-refractivity contribution >= 4 is 5.82 Å². The van der Waals surface area contributed by atoms with Gasteiger partial charge in [0.2, 0.25) is 0 Å². The molecule has 4 heteroatoms. The van der Waals surface area contributed by atoms with Gasteiger partial charge in [-0.15, -0.1) is 0 Å². The summed E-state index contributed by atoms with van der Waals surface area (Å²) in [5, 5.41) is 12.9. The fourth-order valence-corrected chi connectivity index (χ4v) is 2.30. The number of hydrogen-bond acceptors (Lipinski definition) is 4. The fraction of sp³-hybridized carbons (Fsp3) is 0.615. The maximum absolute atomic E-state index is 9.59. The van der Waals surface area contributed by atoms with Crippen LogP contribution in [0.1, 0.15) is 25.7 Å². The lowest BCUT2D eigenvalue weighted by Gasteiger charge is -2.26. The summed E-state index contributed by atoms with van der Waals surface area (Å²) < 4.78 is 5.05. The van der Waals surface area contributed by atoms with E-state index in [-0.39, 0.29) is 6.10 Å². The third-order valence-electron chi connectivity index (χ3n) is 3.30. The maximum atomic E-state index is 9.59. The molecule has 17 heavy (non-hydrogen) atoms. The van der Waals surface area contributed by atoms with Crippen molar-refractivity contribution in [1.29, 1.82) is 0 Å². The van der Waals surface area contributed by atoms with Gasteiger partial charge in [-0.1, -0.05) is 6.42 Å². The second kappa shape index (κ2) is 5.87. The second-order valence-corrected chi connectivity index (χ2v) is 4.65. The van der Waals surface area contributed by atoms with E-state index in [4.69, 9.17) is 4.74 Å². The first-order valence-corrected chi connectivity index (χ1v) is 6.20. The van der Waals surface area contributed by atoms with E-state index in [2.05, 4.69) is 10.3 Å². The van der Waals surface area contributed by atoms with Crippen molar-refractivity contribution in [1.82, 2.24) is 4.98 Å². The Hall–Kier alpha value is -1.29. The SMILES string of the molecule is COc1ccc(NCC2CCCC(O)C2)nc1. The van der Waals surface area contributed by atoms with Gasteiger partial charge >= 0.3 is 0 Å². The van der Waals surface area contributed by atoms with Crippen LogP contribution in [-0.4, -0.2) is 29.8 Å². The van der Waals surface area contributed by atoms with E-state index in [1.807, 2.05) is 12.1 Å². The minimum Gasteiger partial charge on any atom is -0.495 e. The van der Waals surface area contributed by atoms with E-state index in [0.717, 1.165) is 37.4 Å². The Balaban J connectivity index is 1.80. The van der Waals surface area contributed by atoms with Crippen molar-refractivity contribution in [2.75, 3.05) is 19.0 Å². The molecule has 0 radical (unpaired) electrons. The summed E-state index contributed by atoms with van der Waals surface area (Å²) in [5.41, 5.74) is 0. The lowest BCUT2D eigenvalue weighted by atomic mass is 9.87. The molecule has 94 valence electrons. The second-order valence-electron chi connectivity index (χ2n) is 4.65. The Labute approximate surface area is 102 Å². The van der Waals surface area contributed by atoms with E-state index >= 15 is 0 Å². The van der Waals surface area contributed by atoms with E-state index in [9.17, 15) is 5.11 Å².